The molecule has 3 aromatic rings. The number of hydrogen-bond acceptors (Lipinski definition) is 7. The van der Waals surface area contributed by atoms with Crippen LogP contribution in [-0.4, -0.2) is 40.0 Å². The number of carbonyl (C=O) groups is 1. The number of hydrazone groups is 1. The van der Waals surface area contributed by atoms with Gasteiger partial charge in [-0.1, -0.05) is 18.2 Å². The lowest BCUT2D eigenvalue weighted by atomic mass is 10.1. The zero-order chi connectivity index (χ0) is 22.0. The summed E-state index contributed by atoms with van der Waals surface area (Å²) in [5, 5.41) is 19.2. The number of benzene rings is 1. The van der Waals surface area contributed by atoms with Gasteiger partial charge in [0, 0.05) is 24.6 Å². The summed E-state index contributed by atoms with van der Waals surface area (Å²) >= 11 is 1.59. The third kappa shape index (κ3) is 4.42. The van der Waals surface area contributed by atoms with Crippen molar-refractivity contribution in [2.75, 3.05) is 13.6 Å². The summed E-state index contributed by atoms with van der Waals surface area (Å²) in [6, 6.07) is 13.6. The maximum absolute atomic E-state index is 13.2. The number of amides is 1. The number of nitro groups is 1. The molecule has 2 atom stereocenters. The Labute approximate surface area is 183 Å². The summed E-state index contributed by atoms with van der Waals surface area (Å²) in [5.74, 6) is 0.533. The lowest BCUT2D eigenvalue weighted by Gasteiger charge is -2.27. The molecule has 1 aliphatic rings. The van der Waals surface area contributed by atoms with Gasteiger partial charge in [-0.15, -0.1) is 11.3 Å². The van der Waals surface area contributed by atoms with E-state index in [-0.39, 0.29) is 30.2 Å². The van der Waals surface area contributed by atoms with E-state index < -0.39 is 4.92 Å². The number of likely N-dealkylation sites (N-methyl/N-ethyl adjacent to an activating group) is 1. The average Bonchev–Trinajstić information content (AvgIpc) is 3.53. The van der Waals surface area contributed by atoms with Crippen molar-refractivity contribution < 1.29 is 14.1 Å². The van der Waals surface area contributed by atoms with Gasteiger partial charge in [0.15, 0.2) is 0 Å². The van der Waals surface area contributed by atoms with Gasteiger partial charge in [-0.25, -0.2) is 5.01 Å². The molecule has 31 heavy (non-hydrogen) atoms. The van der Waals surface area contributed by atoms with Gasteiger partial charge in [0.1, 0.15) is 11.8 Å². The fourth-order valence-electron chi connectivity index (χ4n) is 3.61. The van der Waals surface area contributed by atoms with Crippen LogP contribution in [0.5, 0.6) is 0 Å². The number of carbonyl (C=O) groups excluding carboxylic acids is 1. The van der Waals surface area contributed by atoms with E-state index in [0.717, 1.165) is 16.2 Å². The molecule has 4 rings (SSSR count). The van der Waals surface area contributed by atoms with E-state index in [1.165, 1.54) is 11.1 Å². The fourth-order valence-corrected chi connectivity index (χ4v) is 4.33. The SMILES string of the molecule is CC(c1cccc([N+](=O)[O-])c1)N(C)CC(=O)N1N=C(c2cccs2)CC1c1ccco1. The topological polar surface area (TPSA) is 92.2 Å². The van der Waals surface area contributed by atoms with Crippen LogP contribution in [0, 0.1) is 10.1 Å². The van der Waals surface area contributed by atoms with Crippen molar-refractivity contribution in [1.29, 1.82) is 0 Å². The normalized spacial score (nSPS) is 17.1. The highest BCUT2D eigenvalue weighted by Gasteiger charge is 2.35. The largest absolute Gasteiger partial charge is 0.467 e. The molecule has 1 aromatic carbocycles. The van der Waals surface area contributed by atoms with Crippen molar-refractivity contribution in [3.63, 3.8) is 0 Å². The standard InChI is InChI=1S/C22H22N4O4S/c1-15(16-6-3-7-17(12-16)26(28)29)24(2)14-22(27)25-19(20-8-4-10-30-20)13-18(23-25)21-9-5-11-31-21/h3-12,15,19H,13-14H2,1-2H3. The number of furan rings is 1. The van der Waals surface area contributed by atoms with Crippen LogP contribution in [-0.2, 0) is 4.79 Å². The molecular formula is C22H22N4O4S. The minimum atomic E-state index is -0.416. The van der Waals surface area contributed by atoms with Crippen molar-refractivity contribution in [2.24, 2.45) is 5.10 Å². The maximum Gasteiger partial charge on any atom is 0.269 e. The molecule has 0 fully saturated rings. The van der Waals surface area contributed by atoms with Crippen molar-refractivity contribution in [3.05, 3.63) is 86.5 Å². The summed E-state index contributed by atoms with van der Waals surface area (Å²) in [6.45, 7) is 2.03. The summed E-state index contributed by atoms with van der Waals surface area (Å²) in [4.78, 5) is 26.8. The predicted octanol–water partition coefficient (Wildman–Crippen LogP) is 4.62. The molecule has 0 saturated carbocycles. The summed E-state index contributed by atoms with van der Waals surface area (Å²) in [7, 11) is 1.82. The minimum Gasteiger partial charge on any atom is -0.467 e. The number of rotatable bonds is 7. The first kappa shape index (κ1) is 21.0. The van der Waals surface area contributed by atoms with Crippen molar-refractivity contribution >= 4 is 28.6 Å². The molecule has 0 N–H and O–H groups in total. The van der Waals surface area contributed by atoms with Crippen LogP contribution in [0.1, 0.15) is 41.6 Å². The Balaban J connectivity index is 1.52. The van der Waals surface area contributed by atoms with Crippen LogP contribution < -0.4 is 0 Å². The van der Waals surface area contributed by atoms with E-state index in [4.69, 9.17) is 4.42 Å². The quantitative estimate of drug-likeness (QED) is 0.396. The highest BCUT2D eigenvalue weighted by molar-refractivity contribution is 7.12. The molecule has 160 valence electrons. The van der Waals surface area contributed by atoms with Crippen LogP contribution in [0.15, 0.2) is 69.7 Å². The number of hydrogen-bond donors (Lipinski definition) is 0. The lowest BCUT2D eigenvalue weighted by Crippen LogP contribution is -2.37. The van der Waals surface area contributed by atoms with Crippen LogP contribution >= 0.6 is 11.3 Å². The Morgan fingerprint density at radius 2 is 2.19 bits per heavy atom. The highest BCUT2D eigenvalue weighted by Crippen LogP contribution is 2.34. The second-order valence-corrected chi connectivity index (χ2v) is 8.39. The number of nitro benzene ring substituents is 1. The van der Waals surface area contributed by atoms with Gasteiger partial charge in [0.25, 0.3) is 11.6 Å². The first-order chi connectivity index (χ1) is 14.9. The molecular weight excluding hydrogens is 416 g/mol. The Morgan fingerprint density at radius 1 is 1.35 bits per heavy atom. The molecule has 3 heterocycles. The first-order valence-electron chi connectivity index (χ1n) is 9.85. The first-order valence-corrected chi connectivity index (χ1v) is 10.7. The molecule has 0 spiro atoms. The van der Waals surface area contributed by atoms with Gasteiger partial charge < -0.3 is 4.42 Å². The molecule has 0 bridgehead atoms. The van der Waals surface area contributed by atoms with Gasteiger partial charge >= 0.3 is 0 Å². The van der Waals surface area contributed by atoms with Crippen LogP contribution in [0.4, 0.5) is 5.69 Å². The Bertz CT molecular complexity index is 1090. The monoisotopic (exact) mass is 438 g/mol. The predicted molar refractivity (Wildman–Crippen MR) is 118 cm³/mol. The van der Waals surface area contributed by atoms with E-state index in [1.807, 2.05) is 48.5 Å². The zero-order valence-corrected chi connectivity index (χ0v) is 18.0. The van der Waals surface area contributed by atoms with Crippen molar-refractivity contribution in [1.82, 2.24) is 9.91 Å². The highest BCUT2D eigenvalue weighted by atomic mass is 32.1. The Morgan fingerprint density at radius 3 is 2.87 bits per heavy atom. The van der Waals surface area contributed by atoms with Crippen molar-refractivity contribution in [2.45, 2.75) is 25.4 Å². The van der Waals surface area contributed by atoms with E-state index >= 15 is 0 Å². The van der Waals surface area contributed by atoms with Gasteiger partial charge in [-0.05, 0) is 43.1 Å². The van der Waals surface area contributed by atoms with Gasteiger partial charge in [0.2, 0.25) is 0 Å². The second-order valence-electron chi connectivity index (χ2n) is 7.44. The summed E-state index contributed by atoms with van der Waals surface area (Å²) in [6.07, 6.45) is 2.18. The molecule has 0 radical (unpaired) electrons. The van der Waals surface area contributed by atoms with Gasteiger partial charge in [-0.3, -0.25) is 19.8 Å². The Hall–Kier alpha value is -3.30. The lowest BCUT2D eigenvalue weighted by molar-refractivity contribution is -0.384. The summed E-state index contributed by atoms with van der Waals surface area (Å²) in [5.41, 5.74) is 1.67. The van der Waals surface area contributed by atoms with Crippen LogP contribution in [0.2, 0.25) is 0 Å². The van der Waals surface area contributed by atoms with Crippen LogP contribution in [0.3, 0.4) is 0 Å². The molecule has 2 aromatic heterocycles. The van der Waals surface area contributed by atoms with Crippen molar-refractivity contribution in [3.8, 4) is 0 Å². The number of nitrogens with zero attached hydrogens (tertiary/aromatic N) is 4. The van der Waals surface area contributed by atoms with Gasteiger partial charge in [0.05, 0.1) is 28.3 Å². The molecule has 1 amide bonds. The zero-order valence-electron chi connectivity index (χ0n) is 17.2. The van der Waals surface area contributed by atoms with E-state index in [1.54, 1.807) is 35.8 Å². The molecule has 9 heteroatoms. The van der Waals surface area contributed by atoms with E-state index in [9.17, 15) is 14.9 Å². The molecule has 8 nitrogen and oxygen atoms in total. The summed E-state index contributed by atoms with van der Waals surface area (Å²) < 4.78 is 5.58. The van der Waals surface area contributed by atoms with E-state index in [2.05, 4.69) is 5.10 Å². The molecule has 0 aliphatic carbocycles. The molecule has 2 unspecified atom stereocenters. The molecule has 1 aliphatic heterocycles. The van der Waals surface area contributed by atoms with Gasteiger partial charge in [-0.2, -0.15) is 5.10 Å². The third-order valence-electron chi connectivity index (χ3n) is 5.45. The smallest absolute Gasteiger partial charge is 0.269 e. The number of non-ortho nitro benzene ring substituents is 1. The fraction of sp³-hybridized carbons (Fsp3) is 0.273. The average molecular weight is 439 g/mol. The maximum atomic E-state index is 13.2. The Kier molecular flexibility index (Phi) is 5.97. The second kappa shape index (κ2) is 8.83. The van der Waals surface area contributed by atoms with Crippen LogP contribution in [0.25, 0.3) is 0 Å². The molecule has 0 saturated heterocycles. The number of thiophene rings is 1. The van der Waals surface area contributed by atoms with E-state index in [0.29, 0.717) is 12.2 Å². The third-order valence-corrected chi connectivity index (χ3v) is 6.37. The minimum absolute atomic E-state index is 0.0340.